The lowest BCUT2D eigenvalue weighted by Crippen LogP contribution is -2.44. The van der Waals surface area contributed by atoms with Gasteiger partial charge in [-0.15, -0.1) is 0 Å². The first-order chi connectivity index (χ1) is 5.19. The molecule has 0 saturated carbocycles. The van der Waals surface area contributed by atoms with Crippen LogP contribution in [0, 0.1) is 0 Å². The molecule has 0 spiro atoms. The maximum Gasteiger partial charge on any atom is 0.423 e. The molecule has 0 radical (unpaired) electrons. The van der Waals surface area contributed by atoms with Crippen molar-refractivity contribution in [1.82, 2.24) is 0 Å². The number of alkyl halides is 7. The van der Waals surface area contributed by atoms with Gasteiger partial charge in [-0.25, -0.2) is 4.39 Å². The summed E-state index contributed by atoms with van der Waals surface area (Å²) < 4.78 is 82.3. The number of ether oxygens (including phenoxy) is 1. The molecule has 8 heteroatoms. The fraction of sp³-hybridized carbons (Fsp3) is 1.00. The molecule has 0 amide bonds. The van der Waals surface area contributed by atoms with E-state index in [2.05, 4.69) is 4.74 Å². The van der Waals surface area contributed by atoms with E-state index in [1.54, 1.807) is 0 Å². The van der Waals surface area contributed by atoms with Crippen LogP contribution in [-0.2, 0) is 4.74 Å². The van der Waals surface area contributed by atoms with Crippen molar-refractivity contribution in [2.75, 3.05) is 6.86 Å². The molecule has 0 aliphatic carbocycles. The van der Waals surface area contributed by atoms with Gasteiger partial charge in [-0.1, -0.05) is 0 Å². The third-order valence-electron chi connectivity index (χ3n) is 0.824. The molecule has 0 aliphatic rings. The molecule has 1 atom stereocenters. The van der Waals surface area contributed by atoms with E-state index in [-0.39, 0.29) is 0 Å². The van der Waals surface area contributed by atoms with Gasteiger partial charge in [0.15, 0.2) is 6.86 Å². The van der Waals surface area contributed by atoms with Gasteiger partial charge >= 0.3 is 12.4 Å². The molecule has 0 fully saturated rings. The normalized spacial score (nSPS) is 16.2. The summed E-state index contributed by atoms with van der Waals surface area (Å²) in [6.45, 7) is -2.14. The highest BCUT2D eigenvalue weighted by atomic mass is 19.4. The van der Waals surface area contributed by atoms with Crippen LogP contribution in [0.15, 0.2) is 0 Å². The third kappa shape index (κ3) is 3.24. The van der Waals surface area contributed by atoms with E-state index in [1.165, 1.54) is 0 Å². The Labute approximate surface area is 62.1 Å². The summed E-state index contributed by atoms with van der Waals surface area (Å²) in [5.41, 5.74) is 0. The van der Waals surface area contributed by atoms with Crippen LogP contribution in [0.5, 0.6) is 0 Å². The second-order valence-corrected chi connectivity index (χ2v) is 1.74. The van der Waals surface area contributed by atoms with E-state index in [4.69, 9.17) is 0 Å². The summed E-state index contributed by atoms with van der Waals surface area (Å²) in [4.78, 5) is 0. The van der Waals surface area contributed by atoms with Crippen molar-refractivity contribution in [3.63, 3.8) is 0 Å². The minimum absolute atomic E-state index is 2.14. The van der Waals surface area contributed by atoms with E-state index >= 15 is 0 Å². The lowest BCUT2D eigenvalue weighted by atomic mass is 10.3. The van der Waals surface area contributed by atoms with Crippen molar-refractivity contribution in [2.24, 2.45) is 0 Å². The van der Waals surface area contributed by atoms with Crippen LogP contribution in [0.4, 0.5) is 30.7 Å². The summed E-state index contributed by atoms with van der Waals surface area (Å²) in [7, 11) is 0. The van der Waals surface area contributed by atoms with Gasteiger partial charge < -0.3 is 4.74 Å². The van der Waals surface area contributed by atoms with Crippen molar-refractivity contribution in [3.8, 4) is 0 Å². The molecule has 0 aromatic carbocycles. The fourth-order valence-corrected chi connectivity index (χ4v) is 0.438. The predicted octanol–water partition coefficient (Wildman–Crippen LogP) is 2.42. The van der Waals surface area contributed by atoms with Crippen LogP contribution in [0.1, 0.15) is 0 Å². The third-order valence-corrected chi connectivity index (χ3v) is 0.824. The maximum atomic E-state index is 11.4. The summed E-state index contributed by atoms with van der Waals surface area (Å²) in [6, 6.07) is 0. The van der Waals surface area contributed by atoms with Gasteiger partial charge in [0, 0.05) is 0 Å². The predicted molar refractivity (Wildman–Crippen MR) is 23.0 cm³/mol. The fourth-order valence-electron chi connectivity index (χ4n) is 0.438. The molecule has 0 heterocycles. The highest BCUT2D eigenvalue weighted by Crippen LogP contribution is 2.35. The van der Waals surface area contributed by atoms with E-state index in [9.17, 15) is 30.7 Å². The van der Waals surface area contributed by atoms with Crippen LogP contribution in [-0.4, -0.2) is 25.3 Å². The van der Waals surface area contributed by atoms with Gasteiger partial charge in [-0.3, -0.25) is 0 Å². The van der Waals surface area contributed by atoms with Crippen molar-refractivity contribution in [3.05, 3.63) is 0 Å². The van der Waals surface area contributed by atoms with Crippen LogP contribution in [0.25, 0.3) is 0 Å². The summed E-state index contributed by atoms with van der Waals surface area (Å²) in [5.74, 6) is 0. The Morgan fingerprint density at radius 2 is 1.25 bits per heavy atom. The molecular formula is C4H3F7O. The smallest absolute Gasteiger partial charge is 0.329 e. The Balaban J connectivity index is 4.45. The molecule has 0 N–H and O–H groups in total. The molecule has 74 valence electrons. The van der Waals surface area contributed by atoms with Crippen molar-refractivity contribution in [2.45, 2.75) is 18.5 Å². The molecule has 0 rings (SSSR count). The van der Waals surface area contributed by atoms with Crippen molar-refractivity contribution in [1.29, 1.82) is 0 Å². The lowest BCUT2D eigenvalue weighted by Gasteiger charge is -2.21. The second kappa shape index (κ2) is 3.46. The van der Waals surface area contributed by atoms with Crippen LogP contribution < -0.4 is 0 Å². The largest absolute Gasteiger partial charge is 0.423 e. The van der Waals surface area contributed by atoms with Gasteiger partial charge in [0.05, 0.1) is 0 Å². The van der Waals surface area contributed by atoms with Gasteiger partial charge in [-0.2, -0.15) is 26.3 Å². The summed E-state index contributed by atoms with van der Waals surface area (Å²) in [5, 5.41) is 0. The Morgan fingerprint density at radius 3 is 1.33 bits per heavy atom. The van der Waals surface area contributed by atoms with E-state index in [0.717, 1.165) is 0 Å². The molecule has 12 heavy (non-hydrogen) atoms. The maximum absolute atomic E-state index is 11.4. The van der Waals surface area contributed by atoms with Gasteiger partial charge in [0.1, 0.15) is 0 Å². The van der Waals surface area contributed by atoms with Gasteiger partial charge in [0.25, 0.3) is 6.10 Å². The zero-order chi connectivity index (χ0) is 9.99. The molecule has 1 unspecified atom stereocenters. The first kappa shape index (κ1) is 11.5. The Hall–Kier alpha value is -0.530. The molecule has 1 nitrogen and oxygen atoms in total. The summed E-state index contributed by atoms with van der Waals surface area (Å²) >= 11 is 0. The lowest BCUT2D eigenvalue weighted by molar-refractivity contribution is -0.327. The Bertz CT molecular complexity index is 121. The van der Waals surface area contributed by atoms with Crippen LogP contribution >= 0.6 is 0 Å². The number of rotatable bonds is 2. The minimum Gasteiger partial charge on any atom is -0.329 e. The molecule has 0 saturated heterocycles. The zero-order valence-corrected chi connectivity index (χ0v) is 5.34. The van der Waals surface area contributed by atoms with E-state index in [1.807, 2.05) is 0 Å². The molecule has 0 aromatic rings. The second-order valence-electron chi connectivity index (χ2n) is 1.74. The van der Waals surface area contributed by atoms with Crippen molar-refractivity contribution < 1.29 is 35.5 Å². The zero-order valence-electron chi connectivity index (χ0n) is 5.34. The van der Waals surface area contributed by atoms with Crippen LogP contribution in [0.3, 0.4) is 0 Å². The summed E-state index contributed by atoms with van der Waals surface area (Å²) in [6.07, 6.45) is -15.3. The quantitative estimate of drug-likeness (QED) is 0.620. The molecule has 0 bridgehead atoms. The molecular weight excluding hydrogens is 196 g/mol. The van der Waals surface area contributed by atoms with Crippen LogP contribution in [0.2, 0.25) is 0 Å². The van der Waals surface area contributed by atoms with E-state index < -0.39 is 25.3 Å². The number of halogens is 7. The standard InChI is InChI=1S/C4H3F7O/c5-1-12-2(3(6,7)8)4(9,10)11/h2H,1H2/i6-1. The highest BCUT2D eigenvalue weighted by molar-refractivity contribution is 4.75. The number of hydrogen-bond donors (Lipinski definition) is 0. The Morgan fingerprint density at radius 1 is 0.917 bits per heavy atom. The SMILES string of the molecule is FCOC(C(F)(F)F)C(F)(F)[18F]. The van der Waals surface area contributed by atoms with Crippen molar-refractivity contribution >= 4 is 0 Å². The minimum atomic E-state index is -5.63. The average Bonchev–Trinajstić information content (AvgIpc) is 1.77. The highest BCUT2D eigenvalue weighted by Gasteiger charge is 2.58. The van der Waals surface area contributed by atoms with E-state index in [0.29, 0.717) is 0 Å². The topological polar surface area (TPSA) is 9.23 Å². The number of hydrogen-bond acceptors (Lipinski definition) is 1. The van der Waals surface area contributed by atoms with Gasteiger partial charge in [0.2, 0.25) is 0 Å². The van der Waals surface area contributed by atoms with Gasteiger partial charge in [-0.05, 0) is 0 Å². The average molecular weight is 199 g/mol. The monoisotopic (exact) mass is 199 g/mol. The molecule has 0 aromatic heterocycles. The molecule has 0 aliphatic heterocycles. The first-order valence-corrected chi connectivity index (χ1v) is 2.50. The Kier molecular flexibility index (Phi) is 3.31. The first-order valence-electron chi connectivity index (χ1n) is 2.50.